The van der Waals surface area contributed by atoms with E-state index in [0.717, 1.165) is 30.3 Å². The molecule has 0 bridgehead atoms. The summed E-state index contributed by atoms with van der Waals surface area (Å²) in [5, 5.41) is 0.718. The van der Waals surface area contributed by atoms with Crippen molar-refractivity contribution in [3.63, 3.8) is 0 Å². The minimum Gasteiger partial charge on any atom is -0.381 e. The van der Waals surface area contributed by atoms with Crippen molar-refractivity contribution in [1.82, 2.24) is 4.72 Å². The Bertz CT molecular complexity index is 474. The Hall–Kier alpha value is -0.430. The highest BCUT2D eigenvalue weighted by atomic mass is 79.9. The zero-order valence-electron chi connectivity index (χ0n) is 11.8. The van der Waals surface area contributed by atoms with Crippen LogP contribution in [0.1, 0.15) is 31.7 Å². The number of rotatable bonds is 10. The summed E-state index contributed by atoms with van der Waals surface area (Å²) in [5.74, 6) is 0. The Balaban J connectivity index is 2.33. The lowest BCUT2D eigenvalue weighted by Gasteiger charge is -2.07. The van der Waals surface area contributed by atoms with Gasteiger partial charge in [0.15, 0.2) is 0 Å². The van der Waals surface area contributed by atoms with Crippen LogP contribution < -0.4 is 4.72 Å². The quantitative estimate of drug-likeness (QED) is 0.513. The second kappa shape index (κ2) is 9.50. The number of ether oxygens (including phenoxy) is 1. The van der Waals surface area contributed by atoms with Crippen molar-refractivity contribution in [1.29, 1.82) is 0 Å². The highest BCUT2D eigenvalue weighted by Crippen LogP contribution is 2.12. The third kappa shape index (κ3) is 6.35. The summed E-state index contributed by atoms with van der Waals surface area (Å²) >= 11 is 3.33. The van der Waals surface area contributed by atoms with Crippen LogP contribution in [0.3, 0.4) is 0 Å². The van der Waals surface area contributed by atoms with E-state index < -0.39 is 10.0 Å². The van der Waals surface area contributed by atoms with E-state index in [4.69, 9.17) is 4.74 Å². The molecule has 1 rings (SSSR count). The largest absolute Gasteiger partial charge is 0.381 e. The van der Waals surface area contributed by atoms with Gasteiger partial charge in [0.1, 0.15) is 0 Å². The van der Waals surface area contributed by atoms with E-state index in [1.807, 2.05) is 0 Å². The van der Waals surface area contributed by atoms with Crippen LogP contribution in [0.2, 0.25) is 0 Å². The van der Waals surface area contributed by atoms with Gasteiger partial charge in [-0.1, -0.05) is 41.4 Å². The monoisotopic (exact) mass is 363 g/mol. The van der Waals surface area contributed by atoms with Crippen LogP contribution in [-0.2, 0) is 20.1 Å². The van der Waals surface area contributed by atoms with Gasteiger partial charge >= 0.3 is 0 Å². The van der Waals surface area contributed by atoms with Gasteiger partial charge in [0.25, 0.3) is 0 Å². The Labute approximate surface area is 130 Å². The summed E-state index contributed by atoms with van der Waals surface area (Å²) in [4.78, 5) is 0.300. The second-order valence-electron chi connectivity index (χ2n) is 4.49. The molecule has 0 saturated carbocycles. The van der Waals surface area contributed by atoms with Crippen molar-refractivity contribution in [2.24, 2.45) is 0 Å². The lowest BCUT2D eigenvalue weighted by atomic mass is 10.2. The molecule has 4 nitrogen and oxygen atoms in total. The third-order valence-corrected chi connectivity index (χ3v) is 4.91. The first-order valence-electron chi connectivity index (χ1n) is 6.82. The molecule has 114 valence electrons. The van der Waals surface area contributed by atoms with Crippen LogP contribution in [0.15, 0.2) is 29.2 Å². The second-order valence-corrected chi connectivity index (χ2v) is 6.82. The number of nitrogens with one attached hydrogen (secondary N) is 1. The fourth-order valence-corrected chi connectivity index (χ4v) is 3.02. The summed E-state index contributed by atoms with van der Waals surface area (Å²) in [5.41, 5.74) is 1.05. The lowest BCUT2D eigenvalue weighted by molar-refractivity contribution is 0.130. The number of hydrogen-bond acceptors (Lipinski definition) is 3. The SMILES string of the molecule is CCCCOCCCNS(=O)(=O)c1ccc(CBr)cc1. The maximum absolute atomic E-state index is 12.0. The molecule has 0 unspecified atom stereocenters. The van der Waals surface area contributed by atoms with Gasteiger partial charge in [0.05, 0.1) is 4.90 Å². The first kappa shape index (κ1) is 17.6. The summed E-state index contributed by atoms with van der Waals surface area (Å²) < 4.78 is 32.0. The van der Waals surface area contributed by atoms with E-state index in [1.165, 1.54) is 0 Å². The number of halogens is 1. The maximum atomic E-state index is 12.0. The average Bonchev–Trinajstić information content (AvgIpc) is 2.46. The van der Waals surface area contributed by atoms with Crippen molar-refractivity contribution in [2.45, 2.75) is 36.4 Å². The van der Waals surface area contributed by atoms with Gasteiger partial charge in [-0.3, -0.25) is 0 Å². The standard InChI is InChI=1S/C14H22BrNO3S/c1-2-3-10-19-11-4-9-16-20(17,18)14-7-5-13(12-15)6-8-14/h5-8,16H,2-4,9-12H2,1H3. The summed E-state index contributed by atoms with van der Waals surface area (Å²) in [7, 11) is -3.40. The molecule has 0 atom stereocenters. The van der Waals surface area contributed by atoms with Crippen LogP contribution in [0, 0.1) is 0 Å². The van der Waals surface area contributed by atoms with Gasteiger partial charge in [0.2, 0.25) is 10.0 Å². The Morgan fingerprint density at radius 1 is 1.15 bits per heavy atom. The van der Waals surface area contributed by atoms with Crippen molar-refractivity contribution in [3.05, 3.63) is 29.8 Å². The van der Waals surface area contributed by atoms with Gasteiger partial charge in [0, 0.05) is 25.1 Å². The smallest absolute Gasteiger partial charge is 0.240 e. The fourth-order valence-electron chi connectivity index (χ4n) is 1.57. The first-order chi connectivity index (χ1) is 9.60. The Morgan fingerprint density at radius 2 is 1.80 bits per heavy atom. The topological polar surface area (TPSA) is 55.4 Å². The van der Waals surface area contributed by atoms with Crippen LogP contribution in [0.25, 0.3) is 0 Å². The van der Waals surface area contributed by atoms with Crippen molar-refractivity contribution >= 4 is 26.0 Å². The third-order valence-electron chi connectivity index (χ3n) is 2.79. The molecule has 0 aliphatic carbocycles. The molecule has 0 radical (unpaired) electrons. The molecular formula is C14H22BrNO3S. The molecule has 0 spiro atoms. The summed E-state index contributed by atoms with van der Waals surface area (Å²) in [6.07, 6.45) is 2.84. The molecule has 0 aromatic heterocycles. The van der Waals surface area contributed by atoms with E-state index >= 15 is 0 Å². The molecule has 20 heavy (non-hydrogen) atoms. The first-order valence-corrected chi connectivity index (χ1v) is 9.43. The van der Waals surface area contributed by atoms with Crippen LogP contribution in [0.4, 0.5) is 0 Å². The molecule has 0 saturated heterocycles. The van der Waals surface area contributed by atoms with Crippen molar-refractivity contribution in [2.75, 3.05) is 19.8 Å². The van der Waals surface area contributed by atoms with Gasteiger partial charge in [-0.2, -0.15) is 0 Å². The van der Waals surface area contributed by atoms with E-state index in [0.29, 0.717) is 24.5 Å². The molecule has 0 amide bonds. The van der Waals surface area contributed by atoms with E-state index in [-0.39, 0.29) is 0 Å². The molecule has 0 aliphatic rings. The zero-order chi connectivity index (χ0) is 14.8. The summed E-state index contributed by atoms with van der Waals surface area (Å²) in [6, 6.07) is 6.85. The Kier molecular flexibility index (Phi) is 8.37. The van der Waals surface area contributed by atoms with Gasteiger partial charge in [-0.15, -0.1) is 0 Å². The highest BCUT2D eigenvalue weighted by molar-refractivity contribution is 9.08. The molecular weight excluding hydrogens is 342 g/mol. The normalized spacial score (nSPS) is 11.7. The predicted octanol–water partition coefficient (Wildman–Crippen LogP) is 3.07. The minimum atomic E-state index is -3.40. The van der Waals surface area contributed by atoms with Crippen molar-refractivity contribution < 1.29 is 13.2 Å². The zero-order valence-corrected chi connectivity index (χ0v) is 14.2. The van der Waals surface area contributed by atoms with E-state index in [1.54, 1.807) is 24.3 Å². The molecule has 6 heteroatoms. The lowest BCUT2D eigenvalue weighted by Crippen LogP contribution is -2.25. The Morgan fingerprint density at radius 3 is 2.40 bits per heavy atom. The van der Waals surface area contributed by atoms with Crippen LogP contribution in [0.5, 0.6) is 0 Å². The van der Waals surface area contributed by atoms with E-state index in [9.17, 15) is 8.42 Å². The maximum Gasteiger partial charge on any atom is 0.240 e. The minimum absolute atomic E-state index is 0.300. The fraction of sp³-hybridized carbons (Fsp3) is 0.571. The molecule has 1 aromatic rings. The highest BCUT2D eigenvalue weighted by Gasteiger charge is 2.12. The summed E-state index contributed by atoms with van der Waals surface area (Å²) in [6.45, 7) is 3.84. The molecule has 1 aromatic carbocycles. The number of alkyl halides is 1. The van der Waals surface area contributed by atoms with Crippen molar-refractivity contribution in [3.8, 4) is 0 Å². The van der Waals surface area contributed by atoms with Gasteiger partial charge < -0.3 is 4.74 Å². The van der Waals surface area contributed by atoms with Crippen LogP contribution in [-0.4, -0.2) is 28.2 Å². The molecule has 0 heterocycles. The molecule has 0 fully saturated rings. The number of hydrogen-bond donors (Lipinski definition) is 1. The predicted molar refractivity (Wildman–Crippen MR) is 84.6 cm³/mol. The van der Waals surface area contributed by atoms with Crippen LogP contribution >= 0.6 is 15.9 Å². The average molecular weight is 364 g/mol. The number of unbranched alkanes of at least 4 members (excludes halogenated alkanes) is 1. The molecule has 0 aliphatic heterocycles. The number of sulfonamides is 1. The van der Waals surface area contributed by atoms with E-state index in [2.05, 4.69) is 27.6 Å². The van der Waals surface area contributed by atoms with Gasteiger partial charge in [-0.05, 0) is 30.5 Å². The van der Waals surface area contributed by atoms with Gasteiger partial charge in [-0.25, -0.2) is 13.1 Å². The molecule has 1 N–H and O–H groups in total. The number of benzene rings is 1.